The molecule has 0 aliphatic rings. The Morgan fingerprint density at radius 2 is 1.80 bits per heavy atom. The van der Waals surface area contributed by atoms with E-state index in [1.54, 1.807) is 37.4 Å². The van der Waals surface area contributed by atoms with E-state index in [0.717, 1.165) is 11.1 Å². The lowest BCUT2D eigenvalue weighted by molar-refractivity contribution is 0.0695. The number of carboxylic acids is 1. The first-order valence-corrected chi connectivity index (χ1v) is 6.28. The Bertz CT molecular complexity index is 602. The van der Waals surface area contributed by atoms with Gasteiger partial charge in [0.05, 0.1) is 12.7 Å². The van der Waals surface area contributed by atoms with E-state index in [4.69, 9.17) is 4.74 Å². The van der Waals surface area contributed by atoms with Crippen LogP contribution in [-0.2, 0) is 12.8 Å². The number of rotatable bonds is 5. The van der Waals surface area contributed by atoms with Crippen LogP contribution >= 0.6 is 0 Å². The molecule has 2 rings (SSSR count). The van der Waals surface area contributed by atoms with Crippen LogP contribution in [0.5, 0.6) is 11.5 Å². The van der Waals surface area contributed by atoms with E-state index >= 15 is 0 Å². The fraction of sp³-hybridized carbons (Fsp3) is 0.188. The summed E-state index contributed by atoms with van der Waals surface area (Å²) in [4.78, 5) is 11.2. The Balaban J connectivity index is 2.18. The largest absolute Gasteiger partial charge is 0.508 e. The van der Waals surface area contributed by atoms with Gasteiger partial charge in [0.1, 0.15) is 11.5 Å². The summed E-state index contributed by atoms with van der Waals surface area (Å²) < 4.78 is 5.13. The van der Waals surface area contributed by atoms with Crippen LogP contribution in [0.2, 0.25) is 0 Å². The van der Waals surface area contributed by atoms with Crippen LogP contribution in [0.1, 0.15) is 21.5 Å². The molecule has 2 aromatic rings. The number of phenols is 1. The van der Waals surface area contributed by atoms with Crippen LogP contribution in [0.25, 0.3) is 0 Å². The molecule has 0 heterocycles. The second-order valence-corrected chi connectivity index (χ2v) is 4.49. The fourth-order valence-corrected chi connectivity index (χ4v) is 2.05. The minimum atomic E-state index is -0.937. The lowest BCUT2D eigenvalue weighted by atomic mass is 9.99. The van der Waals surface area contributed by atoms with Gasteiger partial charge in [0.25, 0.3) is 0 Å². The first-order valence-electron chi connectivity index (χ1n) is 6.28. The number of aromatic carboxylic acids is 1. The zero-order chi connectivity index (χ0) is 14.5. The van der Waals surface area contributed by atoms with E-state index < -0.39 is 5.97 Å². The summed E-state index contributed by atoms with van der Waals surface area (Å²) >= 11 is 0. The van der Waals surface area contributed by atoms with Crippen LogP contribution in [0.4, 0.5) is 0 Å². The smallest absolute Gasteiger partial charge is 0.335 e. The summed E-state index contributed by atoms with van der Waals surface area (Å²) in [5.74, 6) is -0.0644. The average Bonchev–Trinajstić information content (AvgIpc) is 2.46. The van der Waals surface area contributed by atoms with E-state index in [1.165, 1.54) is 0 Å². The normalized spacial score (nSPS) is 10.2. The summed E-state index contributed by atoms with van der Waals surface area (Å²) in [6, 6.07) is 11.9. The highest BCUT2D eigenvalue weighted by atomic mass is 16.5. The van der Waals surface area contributed by atoms with Gasteiger partial charge in [-0.1, -0.05) is 12.1 Å². The highest BCUT2D eigenvalue weighted by molar-refractivity contribution is 5.89. The predicted molar refractivity (Wildman–Crippen MR) is 75.5 cm³/mol. The van der Waals surface area contributed by atoms with Gasteiger partial charge in [-0.3, -0.25) is 0 Å². The molecule has 20 heavy (non-hydrogen) atoms. The highest BCUT2D eigenvalue weighted by Crippen LogP contribution is 2.20. The molecule has 0 bridgehead atoms. The molecule has 0 aliphatic carbocycles. The maximum atomic E-state index is 11.2. The second kappa shape index (κ2) is 6.10. The van der Waals surface area contributed by atoms with Crippen molar-refractivity contribution in [2.24, 2.45) is 0 Å². The van der Waals surface area contributed by atoms with Crippen LogP contribution in [0.15, 0.2) is 42.5 Å². The number of hydrogen-bond donors (Lipinski definition) is 2. The Morgan fingerprint density at radius 1 is 1.10 bits per heavy atom. The summed E-state index contributed by atoms with van der Waals surface area (Å²) in [5, 5.41) is 18.4. The molecular weight excluding hydrogens is 256 g/mol. The molecule has 0 amide bonds. The van der Waals surface area contributed by atoms with Crippen molar-refractivity contribution in [1.29, 1.82) is 0 Å². The van der Waals surface area contributed by atoms with Crippen molar-refractivity contribution in [1.82, 2.24) is 0 Å². The summed E-state index contributed by atoms with van der Waals surface area (Å²) in [5.41, 5.74) is 2.08. The highest BCUT2D eigenvalue weighted by Gasteiger charge is 2.11. The van der Waals surface area contributed by atoms with E-state index in [9.17, 15) is 15.0 Å². The van der Waals surface area contributed by atoms with Crippen LogP contribution in [0.3, 0.4) is 0 Å². The molecule has 0 saturated heterocycles. The summed E-state index contributed by atoms with van der Waals surface area (Å²) in [6.45, 7) is 0. The number of carboxylic acid groups (broad SMARTS) is 1. The Kier molecular flexibility index (Phi) is 4.25. The van der Waals surface area contributed by atoms with Gasteiger partial charge in [-0.25, -0.2) is 4.79 Å². The van der Waals surface area contributed by atoms with E-state index in [1.807, 2.05) is 12.1 Å². The van der Waals surface area contributed by atoms with Gasteiger partial charge in [0.2, 0.25) is 0 Å². The van der Waals surface area contributed by atoms with E-state index in [-0.39, 0.29) is 5.75 Å². The van der Waals surface area contributed by atoms with Crippen molar-refractivity contribution >= 4 is 5.97 Å². The van der Waals surface area contributed by atoms with E-state index in [0.29, 0.717) is 24.2 Å². The van der Waals surface area contributed by atoms with Gasteiger partial charge in [0, 0.05) is 0 Å². The number of carbonyl (C=O) groups is 1. The van der Waals surface area contributed by atoms with Gasteiger partial charge >= 0.3 is 5.97 Å². The first-order chi connectivity index (χ1) is 9.60. The molecule has 0 fully saturated rings. The lowest BCUT2D eigenvalue weighted by Gasteiger charge is -2.09. The SMILES string of the molecule is COc1ccc(C(=O)O)c(CCc2ccc(O)cc2)c1. The van der Waals surface area contributed by atoms with Crippen molar-refractivity contribution in [2.75, 3.05) is 7.11 Å². The van der Waals surface area contributed by atoms with Gasteiger partial charge in [-0.2, -0.15) is 0 Å². The number of aryl methyl sites for hydroxylation is 2. The Labute approximate surface area is 117 Å². The quantitative estimate of drug-likeness (QED) is 0.878. The molecule has 0 saturated carbocycles. The van der Waals surface area contributed by atoms with Crippen molar-refractivity contribution in [2.45, 2.75) is 12.8 Å². The molecule has 0 atom stereocenters. The van der Waals surface area contributed by atoms with Crippen molar-refractivity contribution in [3.05, 3.63) is 59.2 Å². The third-order valence-corrected chi connectivity index (χ3v) is 3.16. The number of phenolic OH excluding ortho intramolecular Hbond substituents is 1. The zero-order valence-electron chi connectivity index (χ0n) is 11.2. The topological polar surface area (TPSA) is 66.8 Å². The average molecular weight is 272 g/mol. The van der Waals surface area contributed by atoms with Gasteiger partial charge in [-0.15, -0.1) is 0 Å². The molecule has 2 N–H and O–H groups in total. The van der Waals surface area contributed by atoms with Crippen molar-refractivity contribution < 1.29 is 19.7 Å². The summed E-state index contributed by atoms with van der Waals surface area (Å²) in [7, 11) is 1.56. The number of methoxy groups -OCH3 is 1. The molecule has 0 radical (unpaired) electrons. The zero-order valence-corrected chi connectivity index (χ0v) is 11.2. The monoisotopic (exact) mass is 272 g/mol. The minimum absolute atomic E-state index is 0.223. The molecule has 0 spiro atoms. The molecule has 0 unspecified atom stereocenters. The first kappa shape index (κ1) is 13.9. The van der Waals surface area contributed by atoms with Crippen molar-refractivity contribution in [3.8, 4) is 11.5 Å². The molecule has 0 aliphatic heterocycles. The third kappa shape index (κ3) is 3.29. The lowest BCUT2D eigenvalue weighted by Crippen LogP contribution is -2.04. The number of hydrogen-bond acceptors (Lipinski definition) is 3. The molecular formula is C16H16O4. The van der Waals surface area contributed by atoms with Gasteiger partial charge < -0.3 is 14.9 Å². The molecule has 2 aromatic carbocycles. The maximum Gasteiger partial charge on any atom is 0.335 e. The number of benzene rings is 2. The van der Waals surface area contributed by atoms with E-state index in [2.05, 4.69) is 0 Å². The number of ether oxygens (including phenoxy) is 1. The maximum absolute atomic E-state index is 11.2. The standard InChI is InChI=1S/C16H16O4/c1-20-14-8-9-15(16(18)19)12(10-14)5-2-11-3-6-13(17)7-4-11/h3-4,6-10,17H,2,5H2,1H3,(H,18,19). The minimum Gasteiger partial charge on any atom is -0.508 e. The Morgan fingerprint density at radius 3 is 2.40 bits per heavy atom. The van der Waals surface area contributed by atoms with Gasteiger partial charge in [0.15, 0.2) is 0 Å². The molecule has 0 aromatic heterocycles. The second-order valence-electron chi connectivity index (χ2n) is 4.49. The van der Waals surface area contributed by atoms with Crippen LogP contribution in [0, 0.1) is 0 Å². The fourth-order valence-electron chi connectivity index (χ4n) is 2.05. The van der Waals surface area contributed by atoms with Crippen LogP contribution in [-0.4, -0.2) is 23.3 Å². The van der Waals surface area contributed by atoms with Crippen LogP contribution < -0.4 is 4.74 Å². The van der Waals surface area contributed by atoms with Crippen molar-refractivity contribution in [3.63, 3.8) is 0 Å². The Hall–Kier alpha value is -2.49. The van der Waals surface area contributed by atoms with Gasteiger partial charge in [-0.05, 0) is 54.3 Å². The molecule has 104 valence electrons. The molecule has 4 heteroatoms. The third-order valence-electron chi connectivity index (χ3n) is 3.16. The number of aromatic hydroxyl groups is 1. The predicted octanol–water partition coefficient (Wildman–Crippen LogP) is 2.88. The summed E-state index contributed by atoms with van der Waals surface area (Å²) in [6.07, 6.45) is 1.30. The molecule has 4 nitrogen and oxygen atoms in total.